The van der Waals surface area contributed by atoms with E-state index in [0.717, 1.165) is 12.0 Å². The van der Waals surface area contributed by atoms with E-state index in [4.69, 9.17) is 14.2 Å². The predicted octanol–water partition coefficient (Wildman–Crippen LogP) is 3.43. The van der Waals surface area contributed by atoms with Gasteiger partial charge in [0, 0.05) is 31.3 Å². The Balaban J connectivity index is 2.02. The number of carbonyl (C=O) groups is 2. The molecule has 8 nitrogen and oxygen atoms in total. The molecule has 2 heterocycles. The molecule has 1 saturated carbocycles. The molecule has 3 N–H and O–H groups in total. The van der Waals surface area contributed by atoms with Gasteiger partial charge >= 0.3 is 11.9 Å². The largest absolute Gasteiger partial charge is 0.454 e. The summed E-state index contributed by atoms with van der Waals surface area (Å²) in [4.78, 5) is 25.4. The lowest BCUT2D eigenvalue weighted by molar-refractivity contribution is -0.241. The van der Waals surface area contributed by atoms with Gasteiger partial charge in [0.15, 0.2) is 11.9 Å². The third-order valence-corrected chi connectivity index (χ3v) is 8.47. The maximum Gasteiger partial charge on any atom is 0.348 e. The minimum absolute atomic E-state index is 0.00419. The molecule has 0 spiro atoms. The fourth-order valence-electron chi connectivity index (χ4n) is 6.43. The van der Waals surface area contributed by atoms with Gasteiger partial charge in [0.25, 0.3) is 0 Å². The highest BCUT2D eigenvalue weighted by Gasteiger charge is 2.64. The molecule has 8 heteroatoms. The van der Waals surface area contributed by atoms with Crippen LogP contribution in [0.3, 0.4) is 0 Å². The maximum absolute atomic E-state index is 13.3. The van der Waals surface area contributed by atoms with Crippen LogP contribution in [0.5, 0.6) is 0 Å². The van der Waals surface area contributed by atoms with Crippen LogP contribution in [0.2, 0.25) is 0 Å². The van der Waals surface area contributed by atoms with Crippen molar-refractivity contribution in [1.29, 1.82) is 0 Å². The van der Waals surface area contributed by atoms with E-state index >= 15 is 0 Å². The van der Waals surface area contributed by atoms with E-state index in [9.17, 15) is 24.9 Å². The summed E-state index contributed by atoms with van der Waals surface area (Å²) in [6, 6.07) is 0. The van der Waals surface area contributed by atoms with Crippen LogP contribution in [-0.2, 0) is 23.8 Å². The molecule has 3 rings (SSSR count). The summed E-state index contributed by atoms with van der Waals surface area (Å²) >= 11 is 0. The fraction of sp³-hybridized carbons (Fsp3) is 0.786. The second-order valence-corrected chi connectivity index (χ2v) is 11.2. The zero-order chi connectivity index (χ0) is 26.8. The van der Waals surface area contributed by atoms with Crippen LogP contribution in [-0.4, -0.2) is 63.6 Å². The van der Waals surface area contributed by atoms with Crippen molar-refractivity contribution in [2.45, 2.75) is 109 Å². The van der Waals surface area contributed by atoms with Crippen LogP contribution in [0.1, 0.15) is 79.1 Å². The highest BCUT2D eigenvalue weighted by Crippen LogP contribution is 2.58. The van der Waals surface area contributed by atoms with Crippen LogP contribution in [0, 0.1) is 23.7 Å². The minimum Gasteiger partial charge on any atom is -0.454 e. The Morgan fingerprint density at radius 2 is 1.92 bits per heavy atom. The van der Waals surface area contributed by atoms with E-state index in [2.05, 4.69) is 13.2 Å². The van der Waals surface area contributed by atoms with Crippen LogP contribution in [0.15, 0.2) is 24.3 Å². The Labute approximate surface area is 214 Å². The first-order chi connectivity index (χ1) is 16.9. The zero-order valence-corrected chi connectivity index (χ0v) is 22.2. The number of esters is 2. The quantitative estimate of drug-likeness (QED) is 0.337. The van der Waals surface area contributed by atoms with Crippen molar-refractivity contribution in [3.05, 3.63) is 24.3 Å². The number of aliphatic hydroxyl groups excluding tert-OH is 2. The first-order valence-electron chi connectivity index (χ1n) is 13.4. The molecule has 0 aromatic heterocycles. The monoisotopic (exact) mass is 508 g/mol. The number of carbonyl (C=O) groups excluding carboxylic acids is 2. The molecular formula is C28H44O8. The van der Waals surface area contributed by atoms with E-state index in [0.29, 0.717) is 18.4 Å². The molecule has 204 valence electrons. The van der Waals surface area contributed by atoms with E-state index in [-0.39, 0.29) is 56.5 Å². The average molecular weight is 509 g/mol. The summed E-state index contributed by atoms with van der Waals surface area (Å²) in [6.07, 6.45) is 0.431. The van der Waals surface area contributed by atoms with Crippen LogP contribution >= 0.6 is 0 Å². The van der Waals surface area contributed by atoms with Crippen LogP contribution in [0.4, 0.5) is 0 Å². The number of fused-ring (bicyclic) bond motifs is 5. The SMILES string of the molecule is C=C1C[C@@]2(O)O[C@H]([C@@H]3[C@@H]([C@@H](C)CO)CCC(=C)[C@@H]32)[C@](C)(OC(=O)C(CC)OC(=O)CCC)CC[C@@H]1O. The van der Waals surface area contributed by atoms with Gasteiger partial charge in [-0.3, -0.25) is 4.79 Å². The smallest absolute Gasteiger partial charge is 0.348 e. The fourth-order valence-corrected chi connectivity index (χ4v) is 6.43. The summed E-state index contributed by atoms with van der Waals surface area (Å²) in [5, 5.41) is 32.6. The number of hydrogen-bond donors (Lipinski definition) is 3. The second-order valence-electron chi connectivity index (χ2n) is 11.2. The lowest BCUT2D eigenvalue weighted by atomic mass is 9.60. The van der Waals surface area contributed by atoms with Crippen LogP contribution in [0.25, 0.3) is 0 Å². The van der Waals surface area contributed by atoms with Gasteiger partial charge < -0.3 is 29.5 Å². The highest BCUT2D eigenvalue weighted by atomic mass is 16.7. The summed E-state index contributed by atoms with van der Waals surface area (Å²) in [6.45, 7) is 15.6. The topological polar surface area (TPSA) is 123 Å². The van der Waals surface area contributed by atoms with Gasteiger partial charge in [-0.2, -0.15) is 0 Å². The second kappa shape index (κ2) is 11.3. The first kappa shape index (κ1) is 28.8. The van der Waals surface area contributed by atoms with Gasteiger partial charge in [0.05, 0.1) is 6.10 Å². The van der Waals surface area contributed by atoms with E-state index < -0.39 is 47.6 Å². The standard InChI is InChI=1S/C28H44O8/c1-7-9-22(31)34-21(8-2)26(32)36-27(6)13-12-20(30)17(4)14-28(33)24-16(3)10-11-19(18(5)15-29)23(24)25(27)35-28/h18-21,23-25,29-30,33H,3-4,7-15H2,1-2,5-6H3/t18-,19+,20-,21?,23+,24-,25+,27+,28+/m0/s1. The van der Waals surface area contributed by atoms with Crippen molar-refractivity contribution >= 4 is 11.9 Å². The molecule has 3 aliphatic rings. The molecule has 3 fully saturated rings. The van der Waals surface area contributed by atoms with Crippen LogP contribution < -0.4 is 0 Å². The van der Waals surface area contributed by atoms with Gasteiger partial charge in [0.1, 0.15) is 11.7 Å². The Kier molecular flexibility index (Phi) is 9.08. The zero-order valence-electron chi connectivity index (χ0n) is 22.2. The third kappa shape index (κ3) is 5.57. The summed E-state index contributed by atoms with van der Waals surface area (Å²) < 4.78 is 18.0. The number of aliphatic hydroxyl groups is 3. The first-order valence-corrected chi connectivity index (χ1v) is 13.4. The molecule has 1 unspecified atom stereocenters. The lowest BCUT2D eigenvalue weighted by Crippen LogP contribution is -2.52. The van der Waals surface area contributed by atoms with Gasteiger partial charge in [0.2, 0.25) is 0 Å². The maximum atomic E-state index is 13.3. The molecule has 0 aromatic carbocycles. The van der Waals surface area contributed by atoms with Gasteiger partial charge in [-0.15, -0.1) is 0 Å². The molecule has 2 bridgehead atoms. The molecule has 2 saturated heterocycles. The van der Waals surface area contributed by atoms with E-state index in [1.54, 1.807) is 13.8 Å². The van der Waals surface area contributed by atoms with Crippen molar-refractivity contribution in [2.24, 2.45) is 23.7 Å². The Morgan fingerprint density at radius 3 is 2.53 bits per heavy atom. The molecule has 9 atom stereocenters. The molecule has 2 aliphatic heterocycles. The Hall–Kier alpha value is -1.74. The number of ether oxygens (including phenoxy) is 3. The minimum atomic E-state index is -1.66. The molecule has 0 amide bonds. The van der Waals surface area contributed by atoms with Crippen molar-refractivity contribution in [1.82, 2.24) is 0 Å². The predicted molar refractivity (Wildman–Crippen MR) is 133 cm³/mol. The Bertz CT molecular complexity index is 854. The summed E-state index contributed by atoms with van der Waals surface area (Å²) in [7, 11) is 0. The van der Waals surface area contributed by atoms with Crippen molar-refractivity contribution in [3.63, 3.8) is 0 Å². The van der Waals surface area contributed by atoms with Gasteiger partial charge in [-0.1, -0.05) is 39.5 Å². The summed E-state index contributed by atoms with van der Waals surface area (Å²) in [5.74, 6) is -3.57. The van der Waals surface area contributed by atoms with E-state index in [1.807, 2.05) is 13.8 Å². The number of hydrogen-bond acceptors (Lipinski definition) is 8. The normalized spacial score (nSPS) is 38.2. The van der Waals surface area contributed by atoms with Crippen molar-refractivity contribution in [2.75, 3.05) is 6.61 Å². The average Bonchev–Trinajstić information content (AvgIpc) is 3.15. The van der Waals surface area contributed by atoms with E-state index in [1.165, 1.54) is 0 Å². The lowest BCUT2D eigenvalue weighted by Gasteiger charge is -2.45. The third-order valence-electron chi connectivity index (χ3n) is 8.47. The van der Waals surface area contributed by atoms with Gasteiger partial charge in [-0.05, 0) is 62.9 Å². The molecule has 36 heavy (non-hydrogen) atoms. The molecular weight excluding hydrogens is 464 g/mol. The molecule has 0 radical (unpaired) electrons. The van der Waals surface area contributed by atoms with Gasteiger partial charge in [-0.25, -0.2) is 4.79 Å². The summed E-state index contributed by atoms with van der Waals surface area (Å²) in [5.41, 5.74) is 0.0755. The molecule has 1 aliphatic carbocycles. The van der Waals surface area contributed by atoms with Crippen molar-refractivity contribution < 1.29 is 39.1 Å². The van der Waals surface area contributed by atoms with Crippen molar-refractivity contribution in [3.8, 4) is 0 Å². The molecule has 0 aromatic rings. The highest BCUT2D eigenvalue weighted by molar-refractivity contribution is 5.79. The number of rotatable bonds is 8. The Morgan fingerprint density at radius 1 is 1.22 bits per heavy atom.